The molecule has 160 valence electrons. The fraction of sp³-hybridized carbons (Fsp3) is 0.143. The van der Waals surface area contributed by atoms with Gasteiger partial charge in [-0.2, -0.15) is 0 Å². The average molecular weight is 461 g/mol. The Hall–Kier alpha value is -3.17. The summed E-state index contributed by atoms with van der Waals surface area (Å²) in [4.78, 5) is 17.0. The van der Waals surface area contributed by atoms with Gasteiger partial charge in [0.15, 0.2) is 0 Å². The van der Waals surface area contributed by atoms with Gasteiger partial charge in [0.25, 0.3) is 15.9 Å². The molecule has 0 aliphatic heterocycles. The molecule has 0 aliphatic carbocycles. The molecule has 0 saturated heterocycles. The Labute approximate surface area is 183 Å². The normalized spacial score (nSPS) is 11.7. The summed E-state index contributed by atoms with van der Waals surface area (Å²) in [5.41, 5.74) is 1.44. The standard InChI is InChI=1S/C21H18ClFN4O3S/c1-13-20(31(29,30)27-9-7-14(22)12-27)10-19(26(13)2)21(28)25-11-16-15-4-3-8-24-18(15)6-5-17(16)23/h3-10,12H,11H2,1-2H3,(H,25,28). The Kier molecular flexibility index (Phi) is 5.32. The van der Waals surface area contributed by atoms with E-state index in [2.05, 4.69) is 10.3 Å². The number of fused-ring (bicyclic) bond motifs is 1. The second kappa shape index (κ2) is 7.82. The lowest BCUT2D eigenvalue weighted by Gasteiger charge is -2.10. The van der Waals surface area contributed by atoms with Gasteiger partial charge in [-0.3, -0.25) is 9.78 Å². The lowest BCUT2D eigenvalue weighted by Crippen LogP contribution is -2.25. The van der Waals surface area contributed by atoms with Crippen molar-refractivity contribution in [3.05, 3.63) is 82.8 Å². The smallest absolute Gasteiger partial charge is 0.269 e. The maximum absolute atomic E-state index is 14.4. The number of carbonyl (C=O) groups is 1. The van der Waals surface area contributed by atoms with E-state index in [1.807, 2.05) is 0 Å². The van der Waals surface area contributed by atoms with Crippen LogP contribution >= 0.6 is 11.6 Å². The van der Waals surface area contributed by atoms with Crippen molar-refractivity contribution in [2.75, 3.05) is 0 Å². The van der Waals surface area contributed by atoms with Crippen LogP contribution in [0, 0.1) is 12.7 Å². The fourth-order valence-corrected chi connectivity index (χ4v) is 5.08. The highest BCUT2D eigenvalue weighted by atomic mass is 35.5. The van der Waals surface area contributed by atoms with E-state index in [1.54, 1.807) is 38.4 Å². The molecule has 0 bridgehead atoms. The molecule has 3 heterocycles. The van der Waals surface area contributed by atoms with Gasteiger partial charge < -0.3 is 9.88 Å². The number of amides is 1. The molecular formula is C21H18ClFN4O3S. The highest BCUT2D eigenvalue weighted by molar-refractivity contribution is 7.90. The largest absolute Gasteiger partial charge is 0.347 e. The van der Waals surface area contributed by atoms with Crippen LogP contribution in [-0.4, -0.2) is 27.8 Å². The lowest BCUT2D eigenvalue weighted by molar-refractivity contribution is 0.0942. The predicted molar refractivity (Wildman–Crippen MR) is 115 cm³/mol. The SMILES string of the molecule is Cc1c(S(=O)(=O)n2ccc(Cl)c2)cc(C(=O)NCc2c(F)ccc3ncccc23)n1C. The van der Waals surface area contributed by atoms with Crippen LogP contribution in [0.15, 0.2) is 59.9 Å². The first-order valence-electron chi connectivity index (χ1n) is 9.26. The van der Waals surface area contributed by atoms with E-state index in [0.29, 0.717) is 22.2 Å². The number of aromatic nitrogens is 3. The number of nitrogens with zero attached hydrogens (tertiary/aromatic N) is 3. The monoisotopic (exact) mass is 460 g/mol. The van der Waals surface area contributed by atoms with Gasteiger partial charge in [-0.25, -0.2) is 16.8 Å². The topological polar surface area (TPSA) is 86.0 Å². The highest BCUT2D eigenvalue weighted by Crippen LogP contribution is 2.24. The van der Waals surface area contributed by atoms with Crippen molar-refractivity contribution in [2.45, 2.75) is 18.4 Å². The second-order valence-corrected chi connectivity index (χ2v) is 9.23. The van der Waals surface area contributed by atoms with Gasteiger partial charge in [0.2, 0.25) is 0 Å². The molecule has 0 aliphatic rings. The molecule has 1 aromatic carbocycles. The van der Waals surface area contributed by atoms with Gasteiger partial charge in [0.1, 0.15) is 16.4 Å². The second-order valence-electron chi connectivity index (χ2n) is 6.98. The molecule has 3 aromatic heterocycles. The maximum Gasteiger partial charge on any atom is 0.269 e. The van der Waals surface area contributed by atoms with E-state index in [4.69, 9.17) is 11.6 Å². The molecule has 4 rings (SSSR count). The first kappa shape index (κ1) is 21.1. The summed E-state index contributed by atoms with van der Waals surface area (Å²) in [5.74, 6) is -0.991. The Morgan fingerprint density at radius 1 is 1.26 bits per heavy atom. The van der Waals surface area contributed by atoms with Crippen LogP contribution in [0.25, 0.3) is 10.9 Å². The van der Waals surface area contributed by atoms with Crippen molar-refractivity contribution in [1.82, 2.24) is 18.8 Å². The summed E-state index contributed by atoms with van der Waals surface area (Å²) in [6, 6.07) is 9.05. The molecule has 0 atom stereocenters. The van der Waals surface area contributed by atoms with Gasteiger partial charge in [-0.05, 0) is 37.3 Å². The van der Waals surface area contributed by atoms with Gasteiger partial charge in [0, 0.05) is 48.8 Å². The number of pyridine rings is 1. The van der Waals surface area contributed by atoms with Crippen LogP contribution in [0.5, 0.6) is 0 Å². The quantitative estimate of drug-likeness (QED) is 0.492. The molecule has 10 heteroatoms. The predicted octanol–water partition coefficient (Wildman–Crippen LogP) is 3.64. The van der Waals surface area contributed by atoms with Crippen molar-refractivity contribution in [3.63, 3.8) is 0 Å². The van der Waals surface area contributed by atoms with E-state index in [-0.39, 0.29) is 22.2 Å². The zero-order valence-corrected chi connectivity index (χ0v) is 18.2. The average Bonchev–Trinajstić information content (AvgIpc) is 3.31. The Bertz CT molecular complexity index is 1430. The minimum atomic E-state index is -3.92. The van der Waals surface area contributed by atoms with Crippen LogP contribution in [0.3, 0.4) is 0 Å². The minimum Gasteiger partial charge on any atom is -0.347 e. The molecule has 1 amide bonds. The number of benzene rings is 1. The lowest BCUT2D eigenvalue weighted by atomic mass is 10.1. The third-order valence-corrected chi connectivity index (χ3v) is 7.15. The molecule has 0 spiro atoms. The van der Waals surface area contributed by atoms with Crippen LogP contribution in [0.2, 0.25) is 5.02 Å². The molecule has 0 fully saturated rings. The zero-order chi connectivity index (χ0) is 22.3. The van der Waals surface area contributed by atoms with Crippen molar-refractivity contribution in [3.8, 4) is 0 Å². The molecular weight excluding hydrogens is 443 g/mol. The number of nitrogens with one attached hydrogen (secondary N) is 1. The summed E-state index contributed by atoms with van der Waals surface area (Å²) in [5, 5.41) is 3.55. The van der Waals surface area contributed by atoms with Crippen LogP contribution in [0.1, 0.15) is 21.7 Å². The molecule has 0 saturated carbocycles. The number of carbonyl (C=O) groups excluding carboxylic acids is 1. The number of hydrogen-bond acceptors (Lipinski definition) is 4. The van der Waals surface area contributed by atoms with Gasteiger partial charge in [-0.15, -0.1) is 0 Å². The van der Waals surface area contributed by atoms with Crippen LogP contribution in [-0.2, 0) is 23.6 Å². The molecule has 1 N–H and O–H groups in total. The number of rotatable bonds is 5. The summed E-state index contributed by atoms with van der Waals surface area (Å²) in [6.45, 7) is 1.53. The van der Waals surface area contributed by atoms with E-state index < -0.39 is 21.7 Å². The van der Waals surface area contributed by atoms with Gasteiger partial charge in [0.05, 0.1) is 10.5 Å². The summed E-state index contributed by atoms with van der Waals surface area (Å²) in [6.07, 6.45) is 4.22. The molecule has 0 unspecified atom stereocenters. The van der Waals surface area contributed by atoms with E-state index >= 15 is 0 Å². The number of halogens is 2. The Morgan fingerprint density at radius 2 is 2.03 bits per heavy atom. The Balaban J connectivity index is 1.64. The van der Waals surface area contributed by atoms with Gasteiger partial charge >= 0.3 is 0 Å². The van der Waals surface area contributed by atoms with Crippen molar-refractivity contribution >= 4 is 38.4 Å². The molecule has 31 heavy (non-hydrogen) atoms. The van der Waals surface area contributed by atoms with Crippen molar-refractivity contribution in [2.24, 2.45) is 7.05 Å². The third-order valence-electron chi connectivity index (χ3n) is 5.17. The number of hydrogen-bond donors (Lipinski definition) is 1. The van der Waals surface area contributed by atoms with E-state index in [0.717, 1.165) is 3.97 Å². The molecule has 4 aromatic rings. The molecule has 0 radical (unpaired) electrons. The first-order chi connectivity index (χ1) is 14.7. The first-order valence-corrected chi connectivity index (χ1v) is 11.1. The van der Waals surface area contributed by atoms with E-state index in [9.17, 15) is 17.6 Å². The summed E-state index contributed by atoms with van der Waals surface area (Å²) < 4.78 is 42.7. The van der Waals surface area contributed by atoms with E-state index in [1.165, 1.54) is 35.2 Å². The van der Waals surface area contributed by atoms with Crippen LogP contribution < -0.4 is 5.32 Å². The van der Waals surface area contributed by atoms with Crippen molar-refractivity contribution in [1.29, 1.82) is 0 Å². The maximum atomic E-state index is 14.4. The minimum absolute atomic E-state index is 0.0204. The third kappa shape index (κ3) is 3.70. The van der Waals surface area contributed by atoms with Crippen LogP contribution in [0.4, 0.5) is 4.39 Å². The van der Waals surface area contributed by atoms with Gasteiger partial charge in [-0.1, -0.05) is 17.7 Å². The zero-order valence-electron chi connectivity index (χ0n) is 16.6. The molecule has 7 nitrogen and oxygen atoms in total. The highest BCUT2D eigenvalue weighted by Gasteiger charge is 2.26. The Morgan fingerprint density at radius 3 is 2.74 bits per heavy atom. The fourth-order valence-electron chi connectivity index (χ4n) is 3.39. The summed E-state index contributed by atoms with van der Waals surface area (Å²) in [7, 11) is -2.33. The van der Waals surface area contributed by atoms with Crippen molar-refractivity contribution < 1.29 is 17.6 Å². The summed E-state index contributed by atoms with van der Waals surface area (Å²) >= 11 is 5.84.